The Morgan fingerprint density at radius 2 is 2.12 bits per heavy atom. The molecule has 0 saturated carbocycles. The van der Waals surface area contributed by atoms with Crippen LogP contribution in [0.2, 0.25) is 0 Å². The van der Waals surface area contributed by atoms with Crippen LogP contribution in [0.4, 0.5) is 4.79 Å². The van der Waals surface area contributed by atoms with Gasteiger partial charge in [-0.3, -0.25) is 19.6 Å². The van der Waals surface area contributed by atoms with Gasteiger partial charge in [0.1, 0.15) is 18.2 Å². The Morgan fingerprint density at radius 3 is 2.69 bits per heavy atom. The van der Waals surface area contributed by atoms with Crippen LogP contribution >= 0.6 is 0 Å². The Balaban J connectivity index is 1.50. The number of rotatable bonds is 7. The molecule has 1 aromatic heterocycles. The molecule has 4 amide bonds. The first kappa shape index (κ1) is 18.3. The molecule has 1 aromatic rings. The number of imide groups is 1. The summed E-state index contributed by atoms with van der Waals surface area (Å²) >= 11 is 0. The molecule has 0 aromatic carbocycles. The van der Waals surface area contributed by atoms with E-state index >= 15 is 0 Å². The number of hydrogen-bond acceptors (Lipinski definition) is 5. The van der Waals surface area contributed by atoms with Crippen molar-refractivity contribution >= 4 is 17.8 Å². The zero-order chi connectivity index (χ0) is 18.6. The summed E-state index contributed by atoms with van der Waals surface area (Å²) in [7, 11) is 0. The summed E-state index contributed by atoms with van der Waals surface area (Å²) in [6, 6.07) is -0.407. The van der Waals surface area contributed by atoms with Crippen molar-refractivity contribution in [1.29, 1.82) is 0 Å². The zero-order valence-corrected chi connectivity index (χ0v) is 15.1. The maximum Gasteiger partial charge on any atom is 0.322 e. The molecule has 0 aliphatic carbocycles. The van der Waals surface area contributed by atoms with Crippen molar-refractivity contribution in [3.63, 3.8) is 0 Å². The van der Waals surface area contributed by atoms with Crippen molar-refractivity contribution in [3.8, 4) is 0 Å². The fraction of sp³-hybridized carbons (Fsp3) is 0.706. The summed E-state index contributed by atoms with van der Waals surface area (Å²) in [5, 5.41) is 9.27. The third-order valence-electron chi connectivity index (χ3n) is 5.40. The molecular weight excluding hydrogens is 336 g/mol. The van der Waals surface area contributed by atoms with Gasteiger partial charge in [0.15, 0.2) is 0 Å². The van der Waals surface area contributed by atoms with E-state index in [4.69, 9.17) is 0 Å². The summed E-state index contributed by atoms with van der Waals surface area (Å²) in [6.45, 7) is 3.93. The first-order chi connectivity index (χ1) is 12.5. The van der Waals surface area contributed by atoms with E-state index in [-0.39, 0.29) is 17.7 Å². The number of carbonyl (C=O) groups excluding carboxylic acids is 3. The van der Waals surface area contributed by atoms with Crippen LogP contribution in [-0.2, 0) is 16.1 Å². The number of nitrogens with zero attached hydrogens (tertiary/aromatic N) is 4. The Morgan fingerprint density at radius 1 is 1.35 bits per heavy atom. The molecule has 9 nitrogen and oxygen atoms in total. The van der Waals surface area contributed by atoms with E-state index < -0.39 is 11.6 Å². The van der Waals surface area contributed by atoms with Crippen molar-refractivity contribution < 1.29 is 14.4 Å². The van der Waals surface area contributed by atoms with E-state index in [9.17, 15) is 14.4 Å². The van der Waals surface area contributed by atoms with Crippen LogP contribution in [0.15, 0.2) is 12.7 Å². The van der Waals surface area contributed by atoms with Gasteiger partial charge in [-0.05, 0) is 31.6 Å². The Hall–Kier alpha value is -2.45. The summed E-state index contributed by atoms with van der Waals surface area (Å²) in [6.07, 6.45) is 7.21. The maximum atomic E-state index is 12.4. The molecule has 0 bridgehead atoms. The number of carbonyl (C=O) groups is 3. The standard InChI is InChI=1S/C17H26N6O3/c1-2-7-17(15(25)20-16(26)21-17)13-5-9-22(10-6-13)14(24)4-3-8-23-12-18-11-19-23/h11-13H,2-10H2,1H3,(H2,20,21,25,26)/t17-/m0/s1. The van der Waals surface area contributed by atoms with Gasteiger partial charge in [0.05, 0.1) is 0 Å². The first-order valence-corrected chi connectivity index (χ1v) is 9.29. The van der Waals surface area contributed by atoms with Gasteiger partial charge >= 0.3 is 6.03 Å². The van der Waals surface area contributed by atoms with Crippen LogP contribution in [0.25, 0.3) is 0 Å². The molecule has 3 rings (SSSR count). The van der Waals surface area contributed by atoms with Crippen LogP contribution in [0.3, 0.4) is 0 Å². The Kier molecular flexibility index (Phi) is 5.53. The number of urea groups is 1. The lowest BCUT2D eigenvalue weighted by Gasteiger charge is -2.40. The highest BCUT2D eigenvalue weighted by atomic mass is 16.2. The lowest BCUT2D eigenvalue weighted by Crippen LogP contribution is -2.56. The minimum atomic E-state index is -0.811. The number of amides is 4. The second kappa shape index (κ2) is 7.84. The van der Waals surface area contributed by atoms with Crippen molar-refractivity contribution in [2.24, 2.45) is 5.92 Å². The molecule has 1 atom stereocenters. The molecule has 2 saturated heterocycles. The summed E-state index contributed by atoms with van der Waals surface area (Å²) < 4.78 is 1.72. The Bertz CT molecular complexity index is 653. The number of piperidine rings is 1. The molecule has 2 aliphatic heterocycles. The van der Waals surface area contributed by atoms with Gasteiger partial charge in [0.25, 0.3) is 5.91 Å². The second-order valence-corrected chi connectivity index (χ2v) is 7.05. The van der Waals surface area contributed by atoms with E-state index in [0.717, 1.165) is 25.7 Å². The largest absolute Gasteiger partial charge is 0.343 e. The van der Waals surface area contributed by atoms with Gasteiger partial charge in [-0.2, -0.15) is 5.10 Å². The minimum absolute atomic E-state index is 0.0631. The van der Waals surface area contributed by atoms with Crippen LogP contribution in [-0.4, -0.2) is 56.1 Å². The molecule has 2 N–H and O–H groups in total. The predicted molar refractivity (Wildman–Crippen MR) is 92.9 cm³/mol. The highest BCUT2D eigenvalue weighted by Gasteiger charge is 2.51. The van der Waals surface area contributed by atoms with Gasteiger partial charge in [-0.1, -0.05) is 13.3 Å². The van der Waals surface area contributed by atoms with Crippen molar-refractivity contribution in [1.82, 2.24) is 30.3 Å². The zero-order valence-electron chi connectivity index (χ0n) is 15.1. The molecular formula is C17H26N6O3. The lowest BCUT2D eigenvalue weighted by molar-refractivity contribution is -0.134. The molecule has 0 spiro atoms. The maximum absolute atomic E-state index is 12.4. The van der Waals surface area contributed by atoms with Gasteiger partial charge in [-0.25, -0.2) is 9.78 Å². The molecule has 9 heteroatoms. The smallest absolute Gasteiger partial charge is 0.322 e. The SMILES string of the molecule is CCC[C@@]1(C2CCN(C(=O)CCCn3cncn3)CC2)NC(=O)NC1=O. The highest BCUT2D eigenvalue weighted by molar-refractivity contribution is 6.07. The summed E-state index contributed by atoms with van der Waals surface area (Å²) in [5.41, 5.74) is -0.811. The third kappa shape index (κ3) is 3.71. The van der Waals surface area contributed by atoms with Crippen LogP contribution < -0.4 is 10.6 Å². The van der Waals surface area contributed by atoms with E-state index in [1.807, 2.05) is 11.8 Å². The molecule has 3 heterocycles. The van der Waals surface area contributed by atoms with Crippen LogP contribution in [0, 0.1) is 5.92 Å². The molecule has 2 fully saturated rings. The topological polar surface area (TPSA) is 109 Å². The van der Waals surface area contributed by atoms with Crippen molar-refractivity contribution in [3.05, 3.63) is 12.7 Å². The van der Waals surface area contributed by atoms with Crippen molar-refractivity contribution in [2.45, 2.75) is 57.5 Å². The molecule has 0 unspecified atom stereocenters. The van der Waals surface area contributed by atoms with Gasteiger partial charge in [-0.15, -0.1) is 0 Å². The predicted octanol–water partition coefficient (Wildman–Crippen LogP) is 0.675. The minimum Gasteiger partial charge on any atom is -0.343 e. The number of aryl methyl sites for hydroxylation is 1. The van der Waals surface area contributed by atoms with Gasteiger partial charge in [0, 0.05) is 26.1 Å². The van der Waals surface area contributed by atoms with Crippen molar-refractivity contribution in [2.75, 3.05) is 13.1 Å². The number of likely N-dealkylation sites (tertiary alicyclic amines) is 1. The average Bonchev–Trinajstić information content (AvgIpc) is 3.24. The summed E-state index contributed by atoms with van der Waals surface area (Å²) in [4.78, 5) is 42.2. The van der Waals surface area contributed by atoms with Crippen LogP contribution in [0.5, 0.6) is 0 Å². The fourth-order valence-electron chi connectivity index (χ4n) is 4.09. The first-order valence-electron chi connectivity index (χ1n) is 9.29. The van der Waals surface area contributed by atoms with Gasteiger partial charge < -0.3 is 10.2 Å². The quantitative estimate of drug-likeness (QED) is 0.693. The molecule has 2 aliphatic rings. The van der Waals surface area contributed by atoms with E-state index in [1.54, 1.807) is 11.0 Å². The van der Waals surface area contributed by atoms with Crippen LogP contribution in [0.1, 0.15) is 45.4 Å². The normalized spacial score (nSPS) is 23.8. The second-order valence-electron chi connectivity index (χ2n) is 7.05. The van der Waals surface area contributed by atoms with E-state index in [0.29, 0.717) is 32.5 Å². The molecule has 26 heavy (non-hydrogen) atoms. The number of nitrogens with one attached hydrogen (secondary N) is 2. The molecule has 142 valence electrons. The van der Waals surface area contributed by atoms with E-state index in [1.165, 1.54) is 6.33 Å². The van der Waals surface area contributed by atoms with Gasteiger partial charge in [0.2, 0.25) is 5.91 Å². The monoisotopic (exact) mass is 362 g/mol. The number of hydrogen-bond donors (Lipinski definition) is 2. The third-order valence-corrected chi connectivity index (χ3v) is 5.40. The highest BCUT2D eigenvalue weighted by Crippen LogP contribution is 2.34. The lowest BCUT2D eigenvalue weighted by atomic mass is 9.75. The average molecular weight is 362 g/mol. The molecule has 0 radical (unpaired) electrons. The summed E-state index contributed by atoms with van der Waals surface area (Å²) in [5.74, 6) is -0.0249. The Labute approximate surface area is 152 Å². The number of aromatic nitrogens is 3. The fourth-order valence-corrected chi connectivity index (χ4v) is 4.09. The van der Waals surface area contributed by atoms with E-state index in [2.05, 4.69) is 20.7 Å².